The number of aldehydes is 1. The average molecular weight is 914 g/mol. The summed E-state index contributed by atoms with van der Waals surface area (Å²) in [5.74, 6) is -6.78. The van der Waals surface area contributed by atoms with Gasteiger partial charge >= 0.3 is 5.97 Å². The Morgan fingerprint density at radius 1 is 0.923 bits per heavy atom. The van der Waals surface area contributed by atoms with Crippen molar-refractivity contribution < 1.29 is 62.7 Å². The largest absolute Gasteiger partial charge is 0.460 e. The lowest BCUT2D eigenvalue weighted by molar-refractivity contribution is -0.265. The molecule has 3 aliphatic rings. The molecule has 0 radical (unpaired) electrons. The van der Waals surface area contributed by atoms with Crippen LogP contribution in [0.2, 0.25) is 0 Å². The summed E-state index contributed by atoms with van der Waals surface area (Å²) in [4.78, 5) is 80.6. The number of hydrogen-bond donors (Lipinski definition) is 2. The van der Waals surface area contributed by atoms with Crippen molar-refractivity contribution in [1.82, 2.24) is 4.90 Å². The molecule has 2 aliphatic heterocycles. The molecule has 1 saturated carbocycles. The Balaban J connectivity index is 1.73. The van der Waals surface area contributed by atoms with Crippen molar-refractivity contribution in [3.63, 3.8) is 0 Å². The van der Waals surface area contributed by atoms with E-state index in [0.29, 0.717) is 56.9 Å². The molecular formula is C51H79NO13. The monoisotopic (exact) mass is 914 g/mol. The number of carbonyl (C=O) groups is 6. The van der Waals surface area contributed by atoms with Crippen LogP contribution in [0, 0.1) is 35.5 Å². The second-order valence-corrected chi connectivity index (χ2v) is 19.1. The van der Waals surface area contributed by atoms with Crippen molar-refractivity contribution in [2.75, 3.05) is 34.5 Å². The molecule has 0 aromatic heterocycles. The zero-order valence-electron chi connectivity index (χ0n) is 40.7. The van der Waals surface area contributed by atoms with Crippen molar-refractivity contribution in [1.29, 1.82) is 0 Å². The Labute approximate surface area is 387 Å². The number of methoxy groups -OCH3 is 3. The van der Waals surface area contributed by atoms with Gasteiger partial charge in [0, 0.05) is 58.5 Å². The molecule has 0 aromatic carbocycles. The van der Waals surface area contributed by atoms with Crippen LogP contribution in [0.5, 0.6) is 0 Å². The van der Waals surface area contributed by atoms with Crippen LogP contribution in [0.3, 0.4) is 0 Å². The lowest BCUT2D eigenvalue weighted by Gasteiger charge is -2.42. The number of amides is 1. The van der Waals surface area contributed by atoms with Crippen molar-refractivity contribution in [2.24, 2.45) is 35.5 Å². The highest BCUT2D eigenvalue weighted by Gasteiger charge is 2.53. The molecule has 2 saturated heterocycles. The van der Waals surface area contributed by atoms with E-state index in [2.05, 4.69) is 6.92 Å². The quantitative estimate of drug-likeness (QED) is 0.0326. The van der Waals surface area contributed by atoms with Gasteiger partial charge in [-0.1, -0.05) is 71.1 Å². The van der Waals surface area contributed by atoms with E-state index in [4.69, 9.17) is 23.7 Å². The lowest BCUT2D eigenvalue weighted by atomic mass is 9.78. The molecule has 14 heteroatoms. The Kier molecular flexibility index (Phi) is 23.3. The predicted molar refractivity (Wildman–Crippen MR) is 246 cm³/mol. The number of esters is 1. The second kappa shape index (κ2) is 27.2. The van der Waals surface area contributed by atoms with Gasteiger partial charge in [0.1, 0.15) is 25.0 Å². The standard InChI is InChI=1S/C51H79NO13/c1-32(24-36(5)44(56)31-61-8)16-12-11-13-17-34(3)45(62-9)28-40-21-19-38(7)51(60,65-40)48(57)49(58)52-23-15-14-18-41(52)50(59)64-46(29-43(55)35(4)25-33(2)30-53)37(6)26-39-20-22-42(54)47(27-39)63-10/h11-13,16-17,25,30,32-33,36-42,45-47,54,60H,14-15,18-24,26-29,31H2,1-10H3/t32-,33?,36-,37-,38-,39+,40+,41+,42-,45+,46?,47-,51-/m1/s1. The van der Waals surface area contributed by atoms with E-state index in [9.17, 15) is 39.0 Å². The van der Waals surface area contributed by atoms with Gasteiger partial charge in [-0.25, -0.2) is 4.79 Å². The number of ketones is 3. The molecule has 3 fully saturated rings. The predicted octanol–water partition coefficient (Wildman–Crippen LogP) is 6.64. The molecule has 3 rings (SSSR count). The summed E-state index contributed by atoms with van der Waals surface area (Å²) in [6, 6.07) is -1.12. The van der Waals surface area contributed by atoms with E-state index in [-0.39, 0.29) is 67.3 Å². The number of Topliss-reactive ketones (excluding diaryl/α,β-unsaturated/α-hetero) is 3. The molecule has 13 atom stereocenters. The molecule has 1 aliphatic carbocycles. The topological polar surface area (TPSA) is 192 Å². The number of rotatable bonds is 25. The van der Waals surface area contributed by atoms with Crippen molar-refractivity contribution in [2.45, 2.75) is 168 Å². The average Bonchev–Trinajstić information content (AvgIpc) is 3.28. The molecule has 0 bridgehead atoms. The summed E-state index contributed by atoms with van der Waals surface area (Å²) >= 11 is 0. The number of aliphatic hydroxyl groups is 2. The first kappa shape index (κ1) is 55.7. The fourth-order valence-corrected chi connectivity index (χ4v) is 9.40. The molecule has 14 nitrogen and oxygen atoms in total. The van der Waals surface area contributed by atoms with Crippen LogP contribution in [0.4, 0.5) is 0 Å². The summed E-state index contributed by atoms with van der Waals surface area (Å²) < 4.78 is 28.6. The lowest BCUT2D eigenvalue weighted by Crippen LogP contribution is -2.61. The van der Waals surface area contributed by atoms with Gasteiger partial charge < -0.3 is 43.6 Å². The molecule has 65 heavy (non-hydrogen) atoms. The van der Waals surface area contributed by atoms with Gasteiger partial charge in [0.25, 0.3) is 11.7 Å². The van der Waals surface area contributed by atoms with Gasteiger partial charge in [-0.3, -0.25) is 19.2 Å². The van der Waals surface area contributed by atoms with Gasteiger partial charge in [-0.05, 0) is 107 Å². The summed E-state index contributed by atoms with van der Waals surface area (Å²) in [6.45, 7) is 13.0. The van der Waals surface area contributed by atoms with Crippen molar-refractivity contribution in [3.05, 3.63) is 47.6 Å². The third-order valence-corrected chi connectivity index (χ3v) is 13.7. The maximum absolute atomic E-state index is 14.2. The fraction of sp³-hybridized carbons (Fsp3) is 0.725. The molecular weight excluding hydrogens is 835 g/mol. The normalized spacial score (nSPS) is 28.6. The van der Waals surface area contributed by atoms with E-state index in [1.165, 1.54) is 12.0 Å². The maximum Gasteiger partial charge on any atom is 0.329 e. The number of hydrogen-bond acceptors (Lipinski definition) is 13. The molecule has 0 aromatic rings. The third kappa shape index (κ3) is 16.6. The van der Waals surface area contributed by atoms with Gasteiger partial charge in [0.05, 0.1) is 24.4 Å². The van der Waals surface area contributed by atoms with Crippen LogP contribution in [-0.4, -0.2) is 127 Å². The molecule has 1 amide bonds. The molecule has 366 valence electrons. The van der Waals surface area contributed by atoms with Gasteiger partial charge in [-0.2, -0.15) is 0 Å². The van der Waals surface area contributed by atoms with E-state index >= 15 is 0 Å². The molecule has 2 heterocycles. The minimum Gasteiger partial charge on any atom is -0.460 e. The Hall–Kier alpha value is -3.66. The summed E-state index contributed by atoms with van der Waals surface area (Å²) in [5, 5.41) is 22.3. The number of piperidine rings is 1. The maximum atomic E-state index is 14.2. The second-order valence-electron chi connectivity index (χ2n) is 19.1. The molecule has 0 spiro atoms. The fourth-order valence-electron chi connectivity index (χ4n) is 9.40. The van der Waals surface area contributed by atoms with Crippen molar-refractivity contribution >= 4 is 35.5 Å². The molecule has 2 N–H and O–H groups in total. The van der Waals surface area contributed by atoms with E-state index < -0.39 is 65.7 Å². The number of ether oxygens (including phenoxy) is 5. The number of likely N-dealkylation sites (tertiary alicyclic amines) is 1. The summed E-state index contributed by atoms with van der Waals surface area (Å²) in [5.41, 5.74) is 1.26. The van der Waals surface area contributed by atoms with Crippen LogP contribution < -0.4 is 0 Å². The van der Waals surface area contributed by atoms with E-state index in [0.717, 1.165) is 24.7 Å². The number of allylic oxidation sites excluding steroid dienone is 7. The first-order valence-corrected chi connectivity index (χ1v) is 23.7. The van der Waals surface area contributed by atoms with Crippen LogP contribution in [0.15, 0.2) is 47.6 Å². The summed E-state index contributed by atoms with van der Waals surface area (Å²) in [6.07, 6.45) is 14.9. The highest BCUT2D eigenvalue weighted by atomic mass is 16.6. The molecule has 2 unspecified atom stereocenters. The van der Waals surface area contributed by atoms with E-state index in [1.54, 1.807) is 41.1 Å². The van der Waals surface area contributed by atoms with Gasteiger partial charge in [-0.15, -0.1) is 0 Å². The van der Waals surface area contributed by atoms with Crippen LogP contribution in [-0.2, 0) is 52.5 Å². The van der Waals surface area contributed by atoms with Crippen molar-refractivity contribution in [3.8, 4) is 0 Å². The smallest absolute Gasteiger partial charge is 0.329 e. The van der Waals surface area contributed by atoms with Crippen LogP contribution in [0.25, 0.3) is 0 Å². The van der Waals surface area contributed by atoms with Gasteiger partial charge in [0.2, 0.25) is 5.79 Å². The van der Waals surface area contributed by atoms with Crippen LogP contribution in [0.1, 0.15) is 126 Å². The Bertz CT molecular complexity index is 1720. The minimum absolute atomic E-state index is 0.0795. The third-order valence-electron chi connectivity index (χ3n) is 13.7. The first-order valence-electron chi connectivity index (χ1n) is 23.7. The zero-order chi connectivity index (χ0) is 48.4. The number of carbonyl (C=O) groups excluding carboxylic acids is 6. The number of aliphatic hydroxyl groups excluding tert-OH is 1. The minimum atomic E-state index is -2.44. The van der Waals surface area contributed by atoms with Gasteiger partial charge in [0.15, 0.2) is 11.6 Å². The van der Waals surface area contributed by atoms with E-state index in [1.807, 2.05) is 51.2 Å². The Morgan fingerprint density at radius 3 is 2.31 bits per heavy atom. The number of nitrogens with zero attached hydrogens (tertiary/aromatic N) is 1. The summed E-state index contributed by atoms with van der Waals surface area (Å²) in [7, 11) is 4.66. The zero-order valence-corrected chi connectivity index (χ0v) is 40.7. The SMILES string of the molecule is COCC(=O)[C@H](C)C[C@H](C)C=CC=CC=C(C)[C@H](C[C@@H]1CC[C@@H](C)[C@](O)(C(=O)C(=O)N2CCCC[C@H]2C(=O)OC(CC(=O)C(C)=CC(C)C=O)[C@H](C)C[C@@H]2CC[C@@H](O)[C@H](OC)C2)O1)OC. The Morgan fingerprint density at radius 2 is 1.65 bits per heavy atom. The first-order chi connectivity index (χ1) is 30.8. The highest BCUT2D eigenvalue weighted by molar-refractivity contribution is 6.39. The highest BCUT2D eigenvalue weighted by Crippen LogP contribution is 2.37. The van der Waals surface area contributed by atoms with Crippen LogP contribution >= 0.6 is 0 Å².